The molecule has 10 nitrogen and oxygen atoms in total. The fraction of sp³-hybridized carbons (Fsp3) is 0.550. The summed E-state index contributed by atoms with van der Waals surface area (Å²) in [6.07, 6.45) is 8.83. The van der Waals surface area contributed by atoms with Crippen LogP contribution in [0.4, 0.5) is 20.3 Å². The predicted octanol–water partition coefficient (Wildman–Crippen LogP) is 5.54. The van der Waals surface area contributed by atoms with E-state index in [1.807, 2.05) is 17.0 Å². The van der Waals surface area contributed by atoms with Gasteiger partial charge in [0, 0.05) is 80.4 Å². The number of piperazine rings is 1. The van der Waals surface area contributed by atoms with E-state index in [0.29, 0.717) is 58.4 Å². The summed E-state index contributed by atoms with van der Waals surface area (Å²) in [7, 11) is 0. The monoisotopic (exact) mass is 742 g/mol. The molecule has 2 unspecified atom stereocenters. The minimum atomic E-state index is -2.52. The van der Waals surface area contributed by atoms with E-state index in [2.05, 4.69) is 45.0 Å². The largest absolute Gasteiger partial charge is 0.461 e. The molecule has 53 heavy (non-hydrogen) atoms. The number of fused-ring (bicyclic) bond motifs is 4. The minimum absolute atomic E-state index is 0.0444. The van der Waals surface area contributed by atoms with E-state index < -0.39 is 17.8 Å². The molecule has 3 atom stereocenters. The van der Waals surface area contributed by atoms with E-state index in [-0.39, 0.29) is 23.9 Å². The third-order valence-corrected chi connectivity index (χ3v) is 13.1. The lowest BCUT2D eigenvalue weighted by molar-refractivity contribution is -0.128. The lowest BCUT2D eigenvalue weighted by atomic mass is 9.95. The van der Waals surface area contributed by atoms with Gasteiger partial charge in [-0.15, -0.1) is 0 Å². The van der Waals surface area contributed by atoms with E-state index in [0.717, 1.165) is 77.5 Å². The highest BCUT2D eigenvalue weighted by Gasteiger charge is 2.71. The van der Waals surface area contributed by atoms with Crippen LogP contribution in [0.25, 0.3) is 10.8 Å². The molecule has 13 heteroatoms. The first-order valence-corrected chi connectivity index (χ1v) is 19.5. The number of benzene rings is 2. The summed E-state index contributed by atoms with van der Waals surface area (Å²) in [5, 5.41) is 12.7. The maximum Gasteiger partial charge on any atom is 0.318 e. The van der Waals surface area contributed by atoms with Gasteiger partial charge in [-0.05, 0) is 62.7 Å². The van der Waals surface area contributed by atoms with Crippen LogP contribution in [0.15, 0.2) is 48.6 Å². The van der Waals surface area contributed by atoms with Crippen molar-refractivity contribution in [1.82, 2.24) is 24.7 Å². The molecule has 6 aliphatic rings. The SMILES string of the molecule is N#CC[C@H]1CN(c2nc(OCC34CCCN3CCC4)nc3c2CCN(c2cccc4cccc(Cl)c24)C3)CCN1C(=O)/C=C/CN1CC2C(C1)C2(F)F. The van der Waals surface area contributed by atoms with Gasteiger partial charge in [0.05, 0.1) is 41.3 Å². The summed E-state index contributed by atoms with van der Waals surface area (Å²) in [5.41, 5.74) is 3.11. The molecule has 1 aliphatic carbocycles. The number of nitrogens with zero attached hydrogens (tertiary/aromatic N) is 8. The van der Waals surface area contributed by atoms with Crippen LogP contribution in [-0.2, 0) is 17.8 Å². The topological polar surface area (TPSA) is 92.1 Å². The second-order valence-electron chi connectivity index (χ2n) is 15.8. The van der Waals surface area contributed by atoms with Gasteiger partial charge in [-0.3, -0.25) is 14.6 Å². The molecule has 2 aromatic carbocycles. The molecule has 9 rings (SSSR count). The Kier molecular flexibility index (Phi) is 8.95. The van der Waals surface area contributed by atoms with Gasteiger partial charge in [-0.2, -0.15) is 15.2 Å². The van der Waals surface area contributed by atoms with Crippen molar-refractivity contribution in [2.45, 2.75) is 62.6 Å². The Morgan fingerprint density at radius 1 is 1.00 bits per heavy atom. The summed E-state index contributed by atoms with van der Waals surface area (Å²) in [5.74, 6) is -2.94. The van der Waals surface area contributed by atoms with Crippen molar-refractivity contribution < 1.29 is 18.3 Å². The number of anilines is 2. The maximum absolute atomic E-state index is 13.6. The quantitative estimate of drug-likeness (QED) is 0.263. The van der Waals surface area contributed by atoms with Crippen LogP contribution < -0.4 is 14.5 Å². The molecule has 0 radical (unpaired) electrons. The van der Waals surface area contributed by atoms with Gasteiger partial charge in [0.1, 0.15) is 12.4 Å². The van der Waals surface area contributed by atoms with Gasteiger partial charge in [0.2, 0.25) is 5.91 Å². The average molecular weight is 743 g/mol. The first kappa shape index (κ1) is 34.7. The predicted molar refractivity (Wildman–Crippen MR) is 199 cm³/mol. The number of ether oxygens (including phenoxy) is 1. The molecule has 0 N–H and O–H groups in total. The number of hydrogen-bond acceptors (Lipinski definition) is 9. The molecule has 5 fully saturated rings. The number of alkyl halides is 2. The van der Waals surface area contributed by atoms with Crippen molar-refractivity contribution in [3.05, 3.63) is 64.8 Å². The third kappa shape index (κ3) is 6.28. The summed E-state index contributed by atoms with van der Waals surface area (Å²) >= 11 is 6.76. The van der Waals surface area contributed by atoms with Gasteiger partial charge in [0.15, 0.2) is 0 Å². The van der Waals surface area contributed by atoms with Gasteiger partial charge in [-0.25, -0.2) is 8.78 Å². The highest BCUT2D eigenvalue weighted by molar-refractivity contribution is 6.36. The van der Waals surface area contributed by atoms with Crippen LogP contribution in [0, 0.1) is 23.2 Å². The van der Waals surface area contributed by atoms with Crippen LogP contribution in [0.5, 0.6) is 6.01 Å². The zero-order valence-electron chi connectivity index (χ0n) is 29.9. The average Bonchev–Trinajstić information content (AvgIpc) is 3.68. The van der Waals surface area contributed by atoms with Crippen molar-refractivity contribution >= 4 is 39.8 Å². The van der Waals surface area contributed by atoms with Crippen molar-refractivity contribution in [3.63, 3.8) is 0 Å². The number of likely N-dealkylation sites (tertiary alicyclic amines) is 1. The molecule has 3 aromatic rings. The fourth-order valence-electron chi connectivity index (χ4n) is 9.87. The normalized spacial score (nSPS) is 26.2. The Balaban J connectivity index is 0.961. The van der Waals surface area contributed by atoms with E-state index in [1.54, 1.807) is 17.1 Å². The summed E-state index contributed by atoms with van der Waals surface area (Å²) in [6, 6.07) is 14.6. The number of amides is 1. The van der Waals surface area contributed by atoms with Gasteiger partial charge < -0.3 is 19.4 Å². The van der Waals surface area contributed by atoms with Crippen molar-refractivity contribution in [1.29, 1.82) is 5.26 Å². The van der Waals surface area contributed by atoms with Crippen LogP contribution in [0.3, 0.4) is 0 Å². The molecule has 1 aromatic heterocycles. The lowest BCUT2D eigenvalue weighted by Gasteiger charge is -2.42. The maximum atomic E-state index is 13.6. The number of aromatic nitrogens is 2. The Hall–Kier alpha value is -4.05. The molecular weight excluding hydrogens is 698 g/mol. The van der Waals surface area contributed by atoms with E-state index in [1.165, 1.54) is 12.8 Å². The summed E-state index contributed by atoms with van der Waals surface area (Å²) in [4.78, 5) is 34.5. The van der Waals surface area contributed by atoms with Crippen LogP contribution in [0.1, 0.15) is 43.4 Å². The van der Waals surface area contributed by atoms with E-state index in [4.69, 9.17) is 26.3 Å². The minimum Gasteiger partial charge on any atom is -0.461 e. The molecule has 278 valence electrons. The number of nitriles is 1. The number of carbonyl (C=O) groups is 1. The van der Waals surface area contributed by atoms with Gasteiger partial charge in [0.25, 0.3) is 5.92 Å². The molecule has 4 saturated heterocycles. The zero-order chi connectivity index (χ0) is 36.3. The van der Waals surface area contributed by atoms with Gasteiger partial charge in [-0.1, -0.05) is 41.9 Å². The molecule has 5 aliphatic heterocycles. The first-order chi connectivity index (χ1) is 25.7. The standard InChI is InChI=1S/C40H45ClF2N8O2/c41-32-8-1-6-27-7-2-9-34(36(27)32)48-19-12-29-33(25-48)45-38(53-26-39-13-4-17-50(39)18-5-14-39)46-37(29)49-20-21-51(28(22-49)11-15-44)35(52)10-3-16-47-23-30-31(24-47)40(30,42)43/h1-3,6-10,28,30-31H,4-5,11-14,16-26H2/b10-3+/t28-,30?,31?/m0/s1. The molecule has 1 amide bonds. The smallest absolute Gasteiger partial charge is 0.318 e. The molecule has 6 heterocycles. The fourth-order valence-corrected chi connectivity index (χ4v) is 10.2. The molecular formula is C40H45ClF2N8O2. The highest BCUT2D eigenvalue weighted by atomic mass is 35.5. The first-order valence-electron chi connectivity index (χ1n) is 19.1. The second kappa shape index (κ2) is 13.7. The Bertz CT molecular complexity index is 1960. The van der Waals surface area contributed by atoms with Crippen LogP contribution in [-0.4, -0.2) is 114 Å². The third-order valence-electron chi connectivity index (χ3n) is 12.8. The van der Waals surface area contributed by atoms with Crippen LogP contribution in [0.2, 0.25) is 5.02 Å². The number of carbonyl (C=O) groups excluding carboxylic acids is 1. The number of halogens is 3. The Morgan fingerprint density at radius 2 is 1.77 bits per heavy atom. The Labute approximate surface area is 313 Å². The van der Waals surface area contributed by atoms with Gasteiger partial charge >= 0.3 is 6.01 Å². The number of piperidine rings is 1. The van der Waals surface area contributed by atoms with Crippen molar-refractivity contribution in [2.75, 3.05) is 75.3 Å². The van der Waals surface area contributed by atoms with Crippen LogP contribution >= 0.6 is 11.6 Å². The second-order valence-corrected chi connectivity index (χ2v) is 16.2. The van der Waals surface area contributed by atoms with E-state index >= 15 is 0 Å². The summed E-state index contributed by atoms with van der Waals surface area (Å²) < 4.78 is 33.8. The van der Waals surface area contributed by atoms with E-state index in [9.17, 15) is 18.8 Å². The zero-order valence-corrected chi connectivity index (χ0v) is 30.7. The van der Waals surface area contributed by atoms with Crippen molar-refractivity contribution in [2.24, 2.45) is 11.8 Å². The molecule has 0 spiro atoms. The lowest BCUT2D eigenvalue weighted by Crippen LogP contribution is -2.55. The van der Waals surface area contributed by atoms with Crippen molar-refractivity contribution in [3.8, 4) is 12.1 Å². The number of hydrogen-bond donors (Lipinski definition) is 0. The molecule has 1 saturated carbocycles. The molecule has 0 bridgehead atoms. The summed E-state index contributed by atoms with van der Waals surface area (Å²) in [6.45, 7) is 6.75. The highest BCUT2D eigenvalue weighted by Crippen LogP contribution is 2.59. The number of rotatable bonds is 9. The Morgan fingerprint density at radius 3 is 2.55 bits per heavy atom.